The van der Waals surface area contributed by atoms with Gasteiger partial charge >= 0.3 is 0 Å². The fourth-order valence-corrected chi connectivity index (χ4v) is 1.93. The molecule has 0 unspecified atom stereocenters. The molecule has 4 nitrogen and oxygen atoms in total. The summed E-state index contributed by atoms with van der Waals surface area (Å²) in [4.78, 5) is 2.22. The first kappa shape index (κ1) is 13.7. The number of likely N-dealkylation sites (N-methyl/N-ethyl adjacent to an activating group) is 1. The number of aromatic nitrogens is 2. The Morgan fingerprint density at radius 1 is 1.56 bits per heavy atom. The van der Waals surface area contributed by atoms with Crippen molar-refractivity contribution in [2.45, 2.75) is 32.9 Å². The van der Waals surface area contributed by atoms with Crippen LogP contribution < -0.4 is 0 Å². The molecule has 0 spiro atoms. The first-order chi connectivity index (χ1) is 7.40. The zero-order chi connectivity index (χ0) is 12.2. The van der Waals surface area contributed by atoms with Crippen molar-refractivity contribution in [1.82, 2.24) is 14.7 Å². The zero-order valence-electron chi connectivity index (χ0n) is 10.1. The SMILES string of the molecule is CCN(CCn1cc(Br)cn1)CC(C)(C)O. The van der Waals surface area contributed by atoms with Crippen LogP contribution in [0, 0.1) is 0 Å². The highest BCUT2D eigenvalue weighted by Gasteiger charge is 2.16. The van der Waals surface area contributed by atoms with E-state index in [1.54, 1.807) is 6.20 Å². The molecule has 92 valence electrons. The van der Waals surface area contributed by atoms with Crippen LogP contribution in [0.2, 0.25) is 0 Å². The fourth-order valence-electron chi connectivity index (χ4n) is 1.60. The zero-order valence-corrected chi connectivity index (χ0v) is 11.7. The van der Waals surface area contributed by atoms with E-state index in [0.29, 0.717) is 6.54 Å². The minimum Gasteiger partial charge on any atom is -0.389 e. The lowest BCUT2D eigenvalue weighted by Gasteiger charge is -2.27. The van der Waals surface area contributed by atoms with Gasteiger partial charge in [0.2, 0.25) is 0 Å². The second-order valence-corrected chi connectivity index (χ2v) is 5.52. The van der Waals surface area contributed by atoms with Gasteiger partial charge in [-0.2, -0.15) is 5.10 Å². The van der Waals surface area contributed by atoms with Crippen molar-refractivity contribution in [2.75, 3.05) is 19.6 Å². The lowest BCUT2D eigenvalue weighted by atomic mass is 10.1. The highest BCUT2D eigenvalue weighted by molar-refractivity contribution is 9.10. The summed E-state index contributed by atoms with van der Waals surface area (Å²) in [5.74, 6) is 0. The Balaban J connectivity index is 2.40. The molecule has 1 N–H and O–H groups in total. The molecule has 5 heteroatoms. The molecule has 0 aliphatic carbocycles. The third-order valence-electron chi connectivity index (χ3n) is 2.30. The second-order valence-electron chi connectivity index (χ2n) is 4.60. The molecule has 1 heterocycles. The second kappa shape index (κ2) is 5.80. The van der Waals surface area contributed by atoms with Gasteiger partial charge in [0.05, 0.1) is 22.8 Å². The Bertz CT molecular complexity index is 319. The van der Waals surface area contributed by atoms with Gasteiger partial charge < -0.3 is 5.11 Å². The normalized spacial score (nSPS) is 12.4. The molecule has 1 aromatic rings. The molecule has 0 aliphatic heterocycles. The average Bonchev–Trinajstić information content (AvgIpc) is 2.57. The number of halogens is 1. The topological polar surface area (TPSA) is 41.3 Å². The Hall–Kier alpha value is -0.390. The molecule has 0 bridgehead atoms. The van der Waals surface area contributed by atoms with Crippen molar-refractivity contribution < 1.29 is 5.11 Å². The van der Waals surface area contributed by atoms with Crippen LogP contribution in [0.3, 0.4) is 0 Å². The van der Waals surface area contributed by atoms with Crippen LogP contribution in [0.25, 0.3) is 0 Å². The van der Waals surface area contributed by atoms with Crippen LogP contribution in [0.1, 0.15) is 20.8 Å². The third-order valence-corrected chi connectivity index (χ3v) is 2.71. The first-order valence-electron chi connectivity index (χ1n) is 5.53. The lowest BCUT2D eigenvalue weighted by molar-refractivity contribution is 0.0365. The maximum absolute atomic E-state index is 9.75. The van der Waals surface area contributed by atoms with Crippen molar-refractivity contribution >= 4 is 15.9 Å². The highest BCUT2D eigenvalue weighted by Crippen LogP contribution is 2.07. The molecule has 0 atom stereocenters. The molecule has 16 heavy (non-hydrogen) atoms. The van der Waals surface area contributed by atoms with Gasteiger partial charge in [-0.3, -0.25) is 9.58 Å². The van der Waals surface area contributed by atoms with Gasteiger partial charge in [0, 0.05) is 19.3 Å². The molecule has 1 aromatic heterocycles. The number of hydrogen-bond acceptors (Lipinski definition) is 3. The summed E-state index contributed by atoms with van der Waals surface area (Å²) in [5, 5.41) is 13.9. The van der Waals surface area contributed by atoms with E-state index in [-0.39, 0.29) is 0 Å². The van der Waals surface area contributed by atoms with Crippen LogP contribution in [0.15, 0.2) is 16.9 Å². The monoisotopic (exact) mass is 289 g/mol. The first-order valence-corrected chi connectivity index (χ1v) is 6.32. The summed E-state index contributed by atoms with van der Waals surface area (Å²) >= 11 is 3.37. The van der Waals surface area contributed by atoms with Gasteiger partial charge in [0.1, 0.15) is 0 Å². The van der Waals surface area contributed by atoms with Crippen LogP contribution in [-0.4, -0.2) is 45.0 Å². The Kier molecular flexibility index (Phi) is 4.95. The van der Waals surface area contributed by atoms with Gasteiger partial charge in [0.15, 0.2) is 0 Å². The smallest absolute Gasteiger partial charge is 0.0718 e. The maximum Gasteiger partial charge on any atom is 0.0718 e. The van der Waals surface area contributed by atoms with Crippen LogP contribution in [-0.2, 0) is 6.54 Å². The summed E-state index contributed by atoms with van der Waals surface area (Å²) < 4.78 is 2.90. The number of aliphatic hydroxyl groups is 1. The van der Waals surface area contributed by atoms with E-state index in [9.17, 15) is 5.11 Å². The molecule has 0 radical (unpaired) electrons. The van der Waals surface area contributed by atoms with Crippen LogP contribution >= 0.6 is 15.9 Å². The summed E-state index contributed by atoms with van der Waals surface area (Å²) in [5.41, 5.74) is -0.638. The van der Waals surface area contributed by atoms with E-state index in [1.807, 2.05) is 24.7 Å². The van der Waals surface area contributed by atoms with Gasteiger partial charge in [-0.05, 0) is 36.3 Å². The number of rotatable bonds is 6. The quantitative estimate of drug-likeness (QED) is 0.867. The average molecular weight is 290 g/mol. The fraction of sp³-hybridized carbons (Fsp3) is 0.727. The van der Waals surface area contributed by atoms with E-state index in [1.165, 1.54) is 0 Å². The number of nitrogens with zero attached hydrogens (tertiary/aromatic N) is 3. The molecule has 0 amide bonds. The Morgan fingerprint density at radius 2 is 2.25 bits per heavy atom. The molecule has 0 saturated heterocycles. The molecule has 0 saturated carbocycles. The lowest BCUT2D eigenvalue weighted by Crippen LogP contribution is -2.40. The van der Waals surface area contributed by atoms with Crippen molar-refractivity contribution in [3.8, 4) is 0 Å². The Labute approximate surface area is 105 Å². The van der Waals surface area contributed by atoms with E-state index >= 15 is 0 Å². The van der Waals surface area contributed by atoms with E-state index in [2.05, 4.69) is 32.9 Å². The third kappa shape index (κ3) is 5.09. The number of hydrogen-bond donors (Lipinski definition) is 1. The highest BCUT2D eigenvalue weighted by atomic mass is 79.9. The van der Waals surface area contributed by atoms with Crippen molar-refractivity contribution in [2.24, 2.45) is 0 Å². The van der Waals surface area contributed by atoms with Gasteiger partial charge in [-0.15, -0.1) is 0 Å². The minimum atomic E-state index is -0.638. The molecule has 0 fully saturated rings. The Morgan fingerprint density at radius 3 is 2.69 bits per heavy atom. The molecular weight excluding hydrogens is 270 g/mol. The summed E-state index contributed by atoms with van der Waals surface area (Å²) in [6.45, 7) is 9.13. The predicted molar refractivity (Wildman–Crippen MR) is 68.3 cm³/mol. The van der Waals surface area contributed by atoms with Crippen molar-refractivity contribution in [3.05, 3.63) is 16.9 Å². The largest absolute Gasteiger partial charge is 0.389 e. The maximum atomic E-state index is 9.75. The van der Waals surface area contributed by atoms with Gasteiger partial charge in [-0.1, -0.05) is 6.92 Å². The van der Waals surface area contributed by atoms with E-state index in [4.69, 9.17) is 0 Å². The molecule has 0 aliphatic rings. The van der Waals surface area contributed by atoms with Crippen molar-refractivity contribution in [1.29, 1.82) is 0 Å². The minimum absolute atomic E-state index is 0.638. The summed E-state index contributed by atoms with van der Waals surface area (Å²) in [7, 11) is 0. The molecule has 0 aromatic carbocycles. The molecule has 1 rings (SSSR count). The summed E-state index contributed by atoms with van der Waals surface area (Å²) in [6.07, 6.45) is 3.74. The van der Waals surface area contributed by atoms with Gasteiger partial charge in [0.25, 0.3) is 0 Å². The van der Waals surface area contributed by atoms with Crippen LogP contribution in [0.4, 0.5) is 0 Å². The standard InChI is InChI=1S/C11H20BrN3O/c1-4-14(9-11(2,3)16)5-6-15-8-10(12)7-13-15/h7-8,16H,4-6,9H2,1-3H3. The van der Waals surface area contributed by atoms with E-state index in [0.717, 1.165) is 24.1 Å². The van der Waals surface area contributed by atoms with E-state index < -0.39 is 5.60 Å². The summed E-state index contributed by atoms with van der Waals surface area (Å²) in [6, 6.07) is 0. The molecular formula is C11H20BrN3O. The van der Waals surface area contributed by atoms with Crippen molar-refractivity contribution in [3.63, 3.8) is 0 Å². The van der Waals surface area contributed by atoms with Gasteiger partial charge in [-0.25, -0.2) is 0 Å². The van der Waals surface area contributed by atoms with Crippen LogP contribution in [0.5, 0.6) is 0 Å². The predicted octanol–water partition coefficient (Wildman–Crippen LogP) is 1.74.